The molecule has 2 aromatic rings. The van der Waals surface area contributed by atoms with Crippen molar-refractivity contribution in [3.05, 3.63) is 59.1 Å². The summed E-state index contributed by atoms with van der Waals surface area (Å²) < 4.78 is 53.7. The Morgan fingerprint density at radius 2 is 2.07 bits per heavy atom. The molecule has 0 aliphatic carbocycles. The Bertz CT molecular complexity index is 1170. The average Bonchev–Trinajstić information content (AvgIpc) is 3.11. The number of hydrogen-bond donors (Lipinski definition) is 1. The molecule has 0 saturated heterocycles. The van der Waals surface area contributed by atoms with Crippen LogP contribution in [-0.2, 0) is 14.8 Å². The van der Waals surface area contributed by atoms with Gasteiger partial charge in [-0.05, 0) is 30.4 Å². The summed E-state index contributed by atoms with van der Waals surface area (Å²) in [7, 11) is -3.62. The quantitative estimate of drug-likeness (QED) is 0.821. The van der Waals surface area contributed by atoms with Crippen LogP contribution < -0.4 is 5.32 Å². The van der Waals surface area contributed by atoms with E-state index < -0.39 is 27.6 Å². The van der Waals surface area contributed by atoms with Gasteiger partial charge in [-0.3, -0.25) is 10.1 Å². The molecule has 2 aliphatic heterocycles. The van der Waals surface area contributed by atoms with E-state index in [1.807, 2.05) is 0 Å². The Morgan fingerprint density at radius 3 is 2.86 bits per heavy atom. The zero-order chi connectivity index (χ0) is 19.9. The number of anilines is 1. The number of rotatable bonds is 3. The van der Waals surface area contributed by atoms with Crippen molar-refractivity contribution in [1.29, 1.82) is 0 Å². The lowest BCUT2D eigenvalue weighted by Gasteiger charge is -2.28. The minimum Gasteiger partial charge on any atom is -0.331 e. The first-order chi connectivity index (χ1) is 13.3. The number of carbonyl (C=O) groups is 1. The lowest BCUT2D eigenvalue weighted by Crippen LogP contribution is -2.40. The predicted molar refractivity (Wildman–Crippen MR) is 101 cm³/mol. The van der Waals surface area contributed by atoms with E-state index in [2.05, 4.69) is 14.7 Å². The Kier molecular flexibility index (Phi) is 4.55. The second kappa shape index (κ2) is 6.91. The standard InChI is InChI=1S/C17H12F2N4O3S2/c18-12-4-3-10(8-13(12)19)14-9-27-17(20-14)21-16(24)11-2-1-5-23-6-7-28(25,26)22-15(11)23/h1-5,8-9H,6-7H2,(H,20,21,24). The van der Waals surface area contributed by atoms with Crippen molar-refractivity contribution in [2.75, 3.05) is 17.6 Å². The number of fused-ring (bicyclic) bond motifs is 1. The molecule has 0 bridgehead atoms. The number of aromatic nitrogens is 1. The summed E-state index contributed by atoms with van der Waals surface area (Å²) in [5, 5.41) is 4.40. The number of allylic oxidation sites excluding steroid dienone is 2. The van der Waals surface area contributed by atoms with E-state index in [9.17, 15) is 22.0 Å². The van der Waals surface area contributed by atoms with Gasteiger partial charge >= 0.3 is 0 Å². The van der Waals surface area contributed by atoms with Gasteiger partial charge in [0.05, 0.1) is 17.0 Å². The second-order valence-electron chi connectivity index (χ2n) is 5.94. The van der Waals surface area contributed by atoms with Crippen LogP contribution in [0.5, 0.6) is 0 Å². The van der Waals surface area contributed by atoms with Crippen LogP contribution in [0, 0.1) is 11.6 Å². The summed E-state index contributed by atoms with van der Waals surface area (Å²) in [5.41, 5.74) is 0.829. The highest BCUT2D eigenvalue weighted by atomic mass is 32.2. The van der Waals surface area contributed by atoms with Gasteiger partial charge in [-0.15, -0.1) is 15.7 Å². The Morgan fingerprint density at radius 1 is 1.25 bits per heavy atom. The molecule has 7 nitrogen and oxygen atoms in total. The summed E-state index contributed by atoms with van der Waals surface area (Å²) in [6.45, 7) is 0.208. The molecule has 1 aromatic heterocycles. The first kappa shape index (κ1) is 18.4. The fraction of sp³-hybridized carbons (Fsp3) is 0.118. The van der Waals surface area contributed by atoms with Crippen molar-refractivity contribution < 1.29 is 22.0 Å². The molecule has 2 aliphatic rings. The van der Waals surface area contributed by atoms with Gasteiger partial charge in [-0.25, -0.2) is 22.2 Å². The number of nitrogens with one attached hydrogen (secondary N) is 1. The van der Waals surface area contributed by atoms with Gasteiger partial charge in [0, 0.05) is 23.7 Å². The highest BCUT2D eigenvalue weighted by molar-refractivity contribution is 7.90. The molecule has 0 saturated carbocycles. The summed E-state index contributed by atoms with van der Waals surface area (Å²) >= 11 is 1.10. The molecule has 1 aromatic carbocycles. The average molecular weight is 422 g/mol. The van der Waals surface area contributed by atoms with Crippen LogP contribution in [0.2, 0.25) is 0 Å². The summed E-state index contributed by atoms with van der Waals surface area (Å²) in [6.07, 6.45) is 4.74. The zero-order valence-corrected chi connectivity index (χ0v) is 15.7. The predicted octanol–water partition coefficient (Wildman–Crippen LogP) is 2.52. The van der Waals surface area contributed by atoms with E-state index in [0.29, 0.717) is 11.3 Å². The van der Waals surface area contributed by atoms with E-state index in [1.54, 1.807) is 22.6 Å². The van der Waals surface area contributed by atoms with E-state index in [4.69, 9.17) is 0 Å². The first-order valence-corrected chi connectivity index (χ1v) is 10.5. The van der Waals surface area contributed by atoms with Gasteiger partial charge < -0.3 is 4.90 Å². The Labute approximate surface area is 162 Å². The molecule has 0 atom stereocenters. The number of amides is 1. The number of thiazole rings is 1. The van der Waals surface area contributed by atoms with Gasteiger partial charge in [0.25, 0.3) is 15.9 Å². The maximum Gasteiger partial charge on any atom is 0.261 e. The zero-order valence-electron chi connectivity index (χ0n) is 14.1. The molecule has 1 amide bonds. The van der Waals surface area contributed by atoms with Crippen molar-refractivity contribution in [3.8, 4) is 11.3 Å². The van der Waals surface area contributed by atoms with Crippen LogP contribution in [0.15, 0.2) is 51.9 Å². The maximum atomic E-state index is 13.4. The minimum atomic E-state index is -3.62. The van der Waals surface area contributed by atoms with Crippen LogP contribution in [0.1, 0.15) is 0 Å². The van der Waals surface area contributed by atoms with Gasteiger partial charge in [0.2, 0.25) is 0 Å². The van der Waals surface area contributed by atoms with Gasteiger partial charge in [-0.2, -0.15) is 0 Å². The number of halogens is 2. The number of sulfonamides is 1. The molecule has 4 rings (SSSR count). The number of amidine groups is 1. The second-order valence-corrected chi connectivity index (χ2v) is 8.55. The van der Waals surface area contributed by atoms with E-state index >= 15 is 0 Å². The molecular weight excluding hydrogens is 410 g/mol. The highest BCUT2D eigenvalue weighted by Crippen LogP contribution is 2.27. The molecule has 144 valence electrons. The topological polar surface area (TPSA) is 91.7 Å². The third-order valence-corrected chi connectivity index (χ3v) is 5.95. The van der Waals surface area contributed by atoms with Crippen LogP contribution in [0.25, 0.3) is 11.3 Å². The normalized spacial score (nSPS) is 17.6. The van der Waals surface area contributed by atoms with Crippen molar-refractivity contribution >= 4 is 38.2 Å². The van der Waals surface area contributed by atoms with Gasteiger partial charge in [-0.1, -0.05) is 0 Å². The van der Waals surface area contributed by atoms with Gasteiger partial charge in [0.15, 0.2) is 22.6 Å². The van der Waals surface area contributed by atoms with Crippen LogP contribution in [-0.4, -0.2) is 42.3 Å². The van der Waals surface area contributed by atoms with Crippen LogP contribution >= 0.6 is 11.3 Å². The van der Waals surface area contributed by atoms with E-state index in [0.717, 1.165) is 23.5 Å². The molecule has 28 heavy (non-hydrogen) atoms. The van der Waals surface area contributed by atoms with Crippen molar-refractivity contribution in [1.82, 2.24) is 9.88 Å². The molecule has 3 heterocycles. The molecular formula is C17H12F2N4O3S2. The third kappa shape index (κ3) is 3.58. The summed E-state index contributed by atoms with van der Waals surface area (Å²) in [6, 6.07) is 3.40. The highest BCUT2D eigenvalue weighted by Gasteiger charge is 2.30. The van der Waals surface area contributed by atoms with Crippen molar-refractivity contribution in [2.45, 2.75) is 0 Å². The molecule has 0 radical (unpaired) electrons. The molecule has 0 unspecified atom stereocenters. The van der Waals surface area contributed by atoms with Crippen molar-refractivity contribution in [3.63, 3.8) is 0 Å². The fourth-order valence-corrected chi connectivity index (χ4v) is 4.38. The van der Waals surface area contributed by atoms with Crippen LogP contribution in [0.3, 0.4) is 0 Å². The molecule has 1 N–H and O–H groups in total. The Hall–Kier alpha value is -2.92. The smallest absolute Gasteiger partial charge is 0.261 e. The first-order valence-electron chi connectivity index (χ1n) is 8.03. The lowest BCUT2D eigenvalue weighted by molar-refractivity contribution is -0.112. The lowest BCUT2D eigenvalue weighted by atomic mass is 10.1. The number of hydrogen-bond acceptors (Lipinski definition) is 6. The Balaban J connectivity index is 1.56. The molecule has 0 fully saturated rings. The molecule has 11 heteroatoms. The SMILES string of the molecule is O=C(Nc1nc(-c2ccc(F)c(F)c2)cs1)C1=CC=CN2CCS(=O)(=O)N=C12. The largest absolute Gasteiger partial charge is 0.331 e. The number of carbonyl (C=O) groups excluding carboxylic acids is 1. The van der Waals surface area contributed by atoms with Gasteiger partial charge in [0.1, 0.15) is 0 Å². The molecule has 0 spiro atoms. The van der Waals surface area contributed by atoms with E-state index in [1.165, 1.54) is 12.1 Å². The maximum absolute atomic E-state index is 13.4. The number of benzene rings is 1. The van der Waals surface area contributed by atoms with Crippen molar-refractivity contribution in [2.24, 2.45) is 4.40 Å². The monoisotopic (exact) mass is 422 g/mol. The third-order valence-electron chi connectivity index (χ3n) is 4.04. The number of nitrogens with zero attached hydrogens (tertiary/aromatic N) is 3. The fourth-order valence-electron chi connectivity index (χ4n) is 2.68. The minimum absolute atomic E-state index is 0.0589. The summed E-state index contributed by atoms with van der Waals surface area (Å²) in [5.74, 6) is -2.59. The summed E-state index contributed by atoms with van der Waals surface area (Å²) in [4.78, 5) is 18.4. The van der Waals surface area contributed by atoms with E-state index in [-0.39, 0.29) is 28.8 Å². The van der Waals surface area contributed by atoms with Crippen LogP contribution in [0.4, 0.5) is 13.9 Å².